The monoisotopic (exact) mass is 551 g/mol. The Bertz CT molecular complexity index is 717. The molecule has 2 saturated carbocycles. The van der Waals surface area contributed by atoms with Crippen molar-refractivity contribution in [3.05, 3.63) is 0 Å². The first kappa shape index (κ1) is 32.3. The molecule has 3 rings (SSSR count). The Morgan fingerprint density at radius 2 is 1.54 bits per heavy atom. The minimum absolute atomic E-state index is 0.0649. The van der Waals surface area contributed by atoms with Crippen LogP contribution in [0.2, 0.25) is 0 Å². The first-order chi connectivity index (χ1) is 18.7. The highest BCUT2D eigenvalue weighted by molar-refractivity contribution is 5.79. The van der Waals surface area contributed by atoms with Crippen LogP contribution in [-0.2, 0) is 19.1 Å². The van der Waals surface area contributed by atoms with Gasteiger partial charge >= 0.3 is 5.97 Å². The van der Waals surface area contributed by atoms with E-state index in [0.717, 1.165) is 77.9 Å². The van der Waals surface area contributed by atoms with E-state index in [0.29, 0.717) is 30.5 Å². The molecular weight excluding hydrogens is 494 g/mol. The van der Waals surface area contributed by atoms with Gasteiger partial charge in [0.1, 0.15) is 11.9 Å². The minimum atomic E-state index is -0.488. The van der Waals surface area contributed by atoms with Crippen molar-refractivity contribution in [3.8, 4) is 0 Å². The van der Waals surface area contributed by atoms with Gasteiger partial charge in [-0.1, -0.05) is 13.8 Å². The van der Waals surface area contributed by atoms with Crippen molar-refractivity contribution in [2.24, 2.45) is 17.8 Å². The quantitative estimate of drug-likeness (QED) is 0.259. The van der Waals surface area contributed by atoms with Crippen LogP contribution < -0.4 is 21.3 Å². The van der Waals surface area contributed by atoms with Gasteiger partial charge in [0.25, 0.3) is 0 Å². The Balaban J connectivity index is 1.24. The van der Waals surface area contributed by atoms with E-state index in [9.17, 15) is 9.59 Å². The average Bonchev–Trinajstić information content (AvgIpc) is 2.91. The number of carbonyl (C=O) groups excluding carboxylic acids is 2. The van der Waals surface area contributed by atoms with Crippen molar-refractivity contribution < 1.29 is 19.1 Å². The van der Waals surface area contributed by atoms with Crippen LogP contribution in [0.1, 0.15) is 92.4 Å². The molecule has 1 aliphatic heterocycles. The van der Waals surface area contributed by atoms with Crippen LogP contribution >= 0.6 is 0 Å². The van der Waals surface area contributed by atoms with Crippen molar-refractivity contribution in [2.45, 2.75) is 116 Å². The zero-order chi connectivity index (χ0) is 28.3. The van der Waals surface area contributed by atoms with Crippen LogP contribution in [0.5, 0.6) is 0 Å². The Hall–Kier alpha value is -1.26. The van der Waals surface area contributed by atoms with Gasteiger partial charge in [0.15, 0.2) is 0 Å². The van der Waals surface area contributed by atoms with Gasteiger partial charge in [-0.2, -0.15) is 0 Å². The second-order valence-corrected chi connectivity index (χ2v) is 12.8. The molecule has 0 atom stereocenters. The molecule has 226 valence electrons. The molecule has 0 radical (unpaired) electrons. The molecule has 9 nitrogen and oxygen atoms in total. The summed E-state index contributed by atoms with van der Waals surface area (Å²) in [6, 6.07) is 0.540. The SMILES string of the molecule is CCN(CC)CCOC1CCC(NC2NCC(C3CCC(C(=O)NCCC(=O)OC(C)(C)C)CC3)CN2)CC1. The Kier molecular flexibility index (Phi) is 13.4. The summed E-state index contributed by atoms with van der Waals surface area (Å²) in [5.41, 5.74) is -0.488. The predicted molar refractivity (Wildman–Crippen MR) is 155 cm³/mol. The Morgan fingerprint density at radius 3 is 2.13 bits per heavy atom. The van der Waals surface area contributed by atoms with Gasteiger partial charge in [-0.15, -0.1) is 0 Å². The molecule has 1 heterocycles. The number of nitrogens with one attached hydrogen (secondary N) is 4. The van der Waals surface area contributed by atoms with Gasteiger partial charge in [0.05, 0.1) is 19.1 Å². The summed E-state index contributed by atoms with van der Waals surface area (Å²) in [6.07, 6.45) is 9.49. The first-order valence-electron chi connectivity index (χ1n) is 15.7. The minimum Gasteiger partial charge on any atom is -0.460 e. The standard InChI is InChI=1S/C30H57N5O4/c1-6-35(7-2)18-19-38-26-14-12-25(13-15-26)34-29-32-20-24(21-33-29)22-8-10-23(11-9-22)28(37)31-17-16-27(36)39-30(3,4)5/h22-26,29,32-34H,6-21H2,1-5H3,(H,31,37). The molecule has 2 aliphatic carbocycles. The molecule has 1 amide bonds. The van der Waals surface area contributed by atoms with E-state index >= 15 is 0 Å². The normalized spacial score (nSPS) is 30.2. The third-order valence-corrected chi connectivity index (χ3v) is 8.76. The van der Waals surface area contributed by atoms with Gasteiger partial charge < -0.3 is 19.7 Å². The second-order valence-electron chi connectivity index (χ2n) is 12.8. The lowest BCUT2D eigenvalue weighted by Gasteiger charge is -2.40. The average molecular weight is 552 g/mol. The molecule has 0 spiro atoms. The fraction of sp³-hybridized carbons (Fsp3) is 0.933. The van der Waals surface area contributed by atoms with Crippen LogP contribution in [0, 0.1) is 17.8 Å². The van der Waals surface area contributed by atoms with Gasteiger partial charge in [-0.05, 0) is 97.1 Å². The lowest BCUT2D eigenvalue weighted by Crippen LogP contribution is -2.63. The summed E-state index contributed by atoms with van der Waals surface area (Å²) in [5, 5.41) is 14.1. The second kappa shape index (κ2) is 16.2. The molecule has 0 unspecified atom stereocenters. The van der Waals surface area contributed by atoms with Crippen molar-refractivity contribution in [1.29, 1.82) is 0 Å². The maximum absolute atomic E-state index is 12.6. The summed E-state index contributed by atoms with van der Waals surface area (Å²) in [7, 11) is 0. The lowest BCUT2D eigenvalue weighted by molar-refractivity contribution is -0.154. The van der Waals surface area contributed by atoms with Gasteiger partial charge in [-0.25, -0.2) is 0 Å². The molecule has 1 saturated heterocycles. The van der Waals surface area contributed by atoms with Crippen LogP contribution in [0.4, 0.5) is 0 Å². The number of amides is 1. The molecule has 4 N–H and O–H groups in total. The number of esters is 1. The summed E-state index contributed by atoms with van der Waals surface area (Å²) in [5.74, 6) is 1.15. The summed E-state index contributed by atoms with van der Waals surface area (Å²) in [6.45, 7) is 16.4. The van der Waals surface area contributed by atoms with Gasteiger partial charge in [-0.3, -0.25) is 25.5 Å². The molecule has 0 aromatic rings. The van der Waals surface area contributed by atoms with Crippen molar-refractivity contribution in [1.82, 2.24) is 26.2 Å². The highest BCUT2D eigenvalue weighted by Gasteiger charge is 2.33. The van der Waals surface area contributed by atoms with E-state index in [4.69, 9.17) is 9.47 Å². The summed E-state index contributed by atoms with van der Waals surface area (Å²) < 4.78 is 11.5. The summed E-state index contributed by atoms with van der Waals surface area (Å²) >= 11 is 0. The van der Waals surface area contributed by atoms with Gasteiger partial charge in [0.2, 0.25) is 5.91 Å². The summed E-state index contributed by atoms with van der Waals surface area (Å²) in [4.78, 5) is 26.9. The largest absolute Gasteiger partial charge is 0.460 e. The van der Waals surface area contributed by atoms with E-state index in [-0.39, 0.29) is 30.5 Å². The number of hydrogen-bond donors (Lipinski definition) is 4. The third kappa shape index (κ3) is 11.6. The van der Waals surface area contributed by atoms with Crippen molar-refractivity contribution in [2.75, 3.05) is 45.9 Å². The van der Waals surface area contributed by atoms with E-state index in [1.54, 1.807) is 0 Å². The topological polar surface area (TPSA) is 104 Å². The fourth-order valence-corrected chi connectivity index (χ4v) is 6.33. The molecule has 0 aromatic heterocycles. The van der Waals surface area contributed by atoms with Crippen LogP contribution in [0.25, 0.3) is 0 Å². The maximum atomic E-state index is 12.6. The molecule has 3 aliphatic rings. The smallest absolute Gasteiger partial charge is 0.308 e. The number of likely N-dealkylation sites (N-methyl/N-ethyl adjacent to an activating group) is 1. The predicted octanol–water partition coefficient (Wildman–Crippen LogP) is 2.99. The Labute approximate surface area is 237 Å². The Morgan fingerprint density at radius 1 is 0.897 bits per heavy atom. The molecule has 0 aromatic carbocycles. The molecule has 9 heteroatoms. The fourth-order valence-electron chi connectivity index (χ4n) is 6.33. The van der Waals surface area contributed by atoms with E-state index in [1.165, 1.54) is 12.8 Å². The number of rotatable bonds is 13. The molecule has 3 fully saturated rings. The molecule has 0 bridgehead atoms. The number of ether oxygens (including phenoxy) is 2. The van der Waals surface area contributed by atoms with Crippen molar-refractivity contribution in [3.63, 3.8) is 0 Å². The third-order valence-electron chi connectivity index (χ3n) is 8.76. The lowest BCUT2D eigenvalue weighted by atomic mass is 9.75. The van der Waals surface area contributed by atoms with E-state index in [2.05, 4.69) is 40.0 Å². The number of hydrogen-bond acceptors (Lipinski definition) is 8. The van der Waals surface area contributed by atoms with E-state index in [1.807, 2.05) is 20.8 Å². The highest BCUT2D eigenvalue weighted by Crippen LogP contribution is 2.34. The molecular formula is C30H57N5O4. The number of nitrogens with zero attached hydrogens (tertiary/aromatic N) is 1. The molecule has 39 heavy (non-hydrogen) atoms. The van der Waals surface area contributed by atoms with Gasteiger partial charge in [0, 0.05) is 38.1 Å². The van der Waals surface area contributed by atoms with E-state index < -0.39 is 5.60 Å². The van der Waals surface area contributed by atoms with Crippen LogP contribution in [-0.4, -0.2) is 86.7 Å². The van der Waals surface area contributed by atoms with Crippen LogP contribution in [0.15, 0.2) is 0 Å². The van der Waals surface area contributed by atoms with Crippen molar-refractivity contribution >= 4 is 11.9 Å². The zero-order valence-electron chi connectivity index (χ0n) is 25.4. The van der Waals surface area contributed by atoms with Crippen LogP contribution in [0.3, 0.4) is 0 Å². The number of carbonyl (C=O) groups is 2. The first-order valence-corrected chi connectivity index (χ1v) is 15.7. The maximum Gasteiger partial charge on any atom is 0.308 e. The highest BCUT2D eigenvalue weighted by atomic mass is 16.6. The zero-order valence-corrected chi connectivity index (χ0v) is 25.4.